The van der Waals surface area contributed by atoms with E-state index in [1.807, 2.05) is 18.3 Å². The minimum Gasteiger partial charge on any atom is -0.383 e. The summed E-state index contributed by atoms with van der Waals surface area (Å²) in [5, 5.41) is 2.89. The maximum Gasteiger partial charge on any atom is 0.251 e. The molecule has 6 heteroatoms. The number of nitrogens with one attached hydrogen (secondary N) is 1. The number of pyridine rings is 1. The molecule has 0 spiro atoms. The molecule has 1 amide bonds. The van der Waals surface area contributed by atoms with E-state index in [0.717, 1.165) is 59.5 Å². The number of amides is 1. The first-order chi connectivity index (χ1) is 16.0. The highest BCUT2D eigenvalue weighted by molar-refractivity contribution is 5.97. The maximum atomic E-state index is 12.1. The molecule has 1 fully saturated rings. The van der Waals surface area contributed by atoms with Crippen LogP contribution < -0.4 is 16.0 Å². The minimum absolute atomic E-state index is 0.0114. The van der Waals surface area contributed by atoms with Gasteiger partial charge in [-0.15, -0.1) is 0 Å². The molecule has 33 heavy (non-hydrogen) atoms. The Balaban J connectivity index is 1.41. The molecule has 0 radical (unpaired) electrons. The third-order valence-corrected chi connectivity index (χ3v) is 6.66. The molecule has 3 heterocycles. The lowest BCUT2D eigenvalue weighted by atomic mass is 9.94. The van der Waals surface area contributed by atoms with Crippen LogP contribution in [0.25, 0.3) is 22.3 Å². The average Bonchev–Trinajstić information content (AvgIpc) is 2.84. The second kappa shape index (κ2) is 8.87. The molecule has 5 rings (SSSR count). The van der Waals surface area contributed by atoms with Gasteiger partial charge in [-0.1, -0.05) is 38.1 Å². The van der Waals surface area contributed by atoms with Gasteiger partial charge < -0.3 is 20.7 Å². The summed E-state index contributed by atoms with van der Waals surface area (Å²) in [6.07, 6.45) is 2.91. The largest absolute Gasteiger partial charge is 0.383 e. The predicted molar refractivity (Wildman–Crippen MR) is 132 cm³/mol. The van der Waals surface area contributed by atoms with E-state index in [1.165, 1.54) is 5.69 Å². The number of hydrogen-bond acceptors (Lipinski definition) is 5. The van der Waals surface area contributed by atoms with Crippen LogP contribution >= 0.6 is 0 Å². The molecular weight excluding hydrogens is 412 g/mol. The highest BCUT2D eigenvalue weighted by atomic mass is 16.5. The van der Waals surface area contributed by atoms with Gasteiger partial charge in [0.05, 0.1) is 12.7 Å². The molecule has 6 nitrogen and oxygen atoms in total. The second-order valence-corrected chi connectivity index (χ2v) is 9.18. The number of anilines is 2. The lowest BCUT2D eigenvalue weighted by Gasteiger charge is -2.36. The Bertz CT molecular complexity index is 1170. The highest BCUT2D eigenvalue weighted by Crippen LogP contribution is 2.32. The Kier molecular flexibility index (Phi) is 5.77. The molecule has 1 saturated heterocycles. The van der Waals surface area contributed by atoms with E-state index in [0.29, 0.717) is 18.3 Å². The Labute approximate surface area is 194 Å². The number of nitrogen functional groups attached to an aromatic ring is 1. The number of nitrogens with zero attached hydrogens (tertiary/aromatic N) is 2. The van der Waals surface area contributed by atoms with Gasteiger partial charge in [0.2, 0.25) is 0 Å². The summed E-state index contributed by atoms with van der Waals surface area (Å²) in [5.74, 6) is 0.982. The quantitative estimate of drug-likeness (QED) is 0.635. The lowest BCUT2D eigenvalue weighted by Crippen LogP contribution is -2.44. The number of rotatable bonds is 4. The standard InChI is InChI=1S/C27H30N4O2/c1-17(2)25-16-31(11-12-33-25)22-6-3-18(4-7-22)21-14-24(26(28)30-15-21)19-5-8-23-20(13-19)9-10-29-27(23)32/h3-8,13-15,17,25H,9-12,16H2,1-2H3,(H2,28,30)(H,29,32)/t25-/m1/s1. The fourth-order valence-electron chi connectivity index (χ4n) is 4.64. The van der Waals surface area contributed by atoms with Gasteiger partial charge in [0.1, 0.15) is 5.82 Å². The zero-order chi connectivity index (χ0) is 22.9. The van der Waals surface area contributed by atoms with Gasteiger partial charge in [-0.25, -0.2) is 4.98 Å². The van der Waals surface area contributed by atoms with Crippen molar-refractivity contribution in [2.24, 2.45) is 5.92 Å². The monoisotopic (exact) mass is 442 g/mol. The first-order valence-corrected chi connectivity index (χ1v) is 11.6. The van der Waals surface area contributed by atoms with Crippen LogP contribution in [0.15, 0.2) is 54.7 Å². The molecule has 0 saturated carbocycles. The fraction of sp³-hybridized carbons (Fsp3) is 0.333. The fourth-order valence-corrected chi connectivity index (χ4v) is 4.64. The normalized spacial score (nSPS) is 18.2. The number of carbonyl (C=O) groups excluding carboxylic acids is 1. The molecule has 0 bridgehead atoms. The van der Waals surface area contributed by atoms with Crippen molar-refractivity contribution in [3.63, 3.8) is 0 Å². The van der Waals surface area contributed by atoms with Gasteiger partial charge in [-0.2, -0.15) is 0 Å². The van der Waals surface area contributed by atoms with Crippen LogP contribution in [0.2, 0.25) is 0 Å². The van der Waals surface area contributed by atoms with Crippen LogP contribution in [0.1, 0.15) is 29.8 Å². The lowest BCUT2D eigenvalue weighted by molar-refractivity contribution is 0.0114. The summed E-state index contributed by atoms with van der Waals surface area (Å²) in [4.78, 5) is 18.9. The second-order valence-electron chi connectivity index (χ2n) is 9.18. The maximum absolute atomic E-state index is 12.1. The van der Waals surface area contributed by atoms with Crippen LogP contribution in [0.3, 0.4) is 0 Å². The summed E-state index contributed by atoms with van der Waals surface area (Å²) in [6, 6.07) is 16.6. The van der Waals surface area contributed by atoms with E-state index in [9.17, 15) is 4.79 Å². The van der Waals surface area contributed by atoms with Crippen molar-refractivity contribution in [2.75, 3.05) is 36.9 Å². The van der Waals surface area contributed by atoms with Crippen molar-refractivity contribution in [1.29, 1.82) is 0 Å². The number of ether oxygens (including phenoxy) is 1. The van der Waals surface area contributed by atoms with Crippen LogP contribution in [-0.4, -0.2) is 43.2 Å². The van der Waals surface area contributed by atoms with Crippen LogP contribution in [-0.2, 0) is 11.2 Å². The summed E-state index contributed by atoms with van der Waals surface area (Å²) >= 11 is 0. The Morgan fingerprint density at radius 3 is 2.64 bits per heavy atom. The van der Waals surface area contributed by atoms with Crippen molar-refractivity contribution in [3.8, 4) is 22.3 Å². The van der Waals surface area contributed by atoms with E-state index >= 15 is 0 Å². The number of morpholine rings is 1. The first kappa shape index (κ1) is 21.5. The number of hydrogen-bond donors (Lipinski definition) is 2. The molecular formula is C27H30N4O2. The zero-order valence-electron chi connectivity index (χ0n) is 19.2. The van der Waals surface area contributed by atoms with Crippen LogP contribution in [0.5, 0.6) is 0 Å². The van der Waals surface area contributed by atoms with Gasteiger partial charge in [0, 0.05) is 48.2 Å². The number of fused-ring (bicyclic) bond motifs is 1. The molecule has 170 valence electrons. The topological polar surface area (TPSA) is 80.5 Å². The van der Waals surface area contributed by atoms with Crippen LogP contribution in [0, 0.1) is 5.92 Å². The van der Waals surface area contributed by atoms with E-state index in [-0.39, 0.29) is 12.0 Å². The van der Waals surface area contributed by atoms with Gasteiger partial charge in [-0.05, 0) is 53.3 Å². The Hall–Kier alpha value is -3.38. The van der Waals surface area contributed by atoms with E-state index in [2.05, 4.69) is 65.4 Å². The molecule has 3 aromatic rings. The Morgan fingerprint density at radius 2 is 1.85 bits per heavy atom. The molecule has 1 aromatic heterocycles. The van der Waals surface area contributed by atoms with Crippen molar-refractivity contribution in [2.45, 2.75) is 26.4 Å². The molecule has 2 aliphatic heterocycles. The van der Waals surface area contributed by atoms with Gasteiger partial charge in [-0.3, -0.25) is 4.79 Å². The van der Waals surface area contributed by atoms with Crippen molar-refractivity contribution >= 4 is 17.4 Å². The summed E-state index contributed by atoms with van der Waals surface area (Å²) in [5.41, 5.74) is 13.2. The van der Waals surface area contributed by atoms with Crippen LogP contribution in [0.4, 0.5) is 11.5 Å². The van der Waals surface area contributed by atoms with Gasteiger partial charge in [0.25, 0.3) is 5.91 Å². The smallest absolute Gasteiger partial charge is 0.251 e. The zero-order valence-corrected chi connectivity index (χ0v) is 19.2. The summed E-state index contributed by atoms with van der Waals surface area (Å²) < 4.78 is 5.91. The van der Waals surface area contributed by atoms with Crippen molar-refractivity contribution in [3.05, 3.63) is 65.9 Å². The van der Waals surface area contributed by atoms with Crippen molar-refractivity contribution < 1.29 is 9.53 Å². The van der Waals surface area contributed by atoms with E-state index in [4.69, 9.17) is 10.5 Å². The molecule has 1 atom stereocenters. The van der Waals surface area contributed by atoms with Gasteiger partial charge in [0.15, 0.2) is 0 Å². The first-order valence-electron chi connectivity index (χ1n) is 11.6. The summed E-state index contributed by atoms with van der Waals surface area (Å²) in [6.45, 7) is 7.67. The number of aromatic nitrogens is 1. The molecule has 0 aliphatic carbocycles. The molecule has 3 N–H and O–H groups in total. The number of nitrogens with two attached hydrogens (primary N) is 1. The van der Waals surface area contributed by atoms with E-state index < -0.39 is 0 Å². The van der Waals surface area contributed by atoms with Gasteiger partial charge >= 0.3 is 0 Å². The van der Waals surface area contributed by atoms with Crippen molar-refractivity contribution in [1.82, 2.24) is 10.3 Å². The molecule has 2 aromatic carbocycles. The third kappa shape index (κ3) is 4.31. The molecule has 2 aliphatic rings. The number of benzene rings is 2. The Morgan fingerprint density at radius 1 is 1.06 bits per heavy atom. The SMILES string of the molecule is CC(C)[C@H]1CN(c2ccc(-c3cnc(N)c(-c4ccc5c(c4)CCNC5=O)c3)cc2)CCO1. The minimum atomic E-state index is -0.0114. The third-order valence-electron chi connectivity index (χ3n) is 6.66. The average molecular weight is 443 g/mol. The summed E-state index contributed by atoms with van der Waals surface area (Å²) in [7, 11) is 0. The van der Waals surface area contributed by atoms with E-state index in [1.54, 1.807) is 0 Å². The highest BCUT2D eigenvalue weighted by Gasteiger charge is 2.23. The predicted octanol–water partition coefficient (Wildman–Crippen LogP) is 4.14. The number of carbonyl (C=O) groups is 1. The molecule has 0 unspecified atom stereocenters.